The van der Waals surface area contributed by atoms with Gasteiger partial charge >= 0.3 is 0 Å². The van der Waals surface area contributed by atoms with Gasteiger partial charge < -0.3 is 5.32 Å². The van der Waals surface area contributed by atoms with E-state index in [1.54, 1.807) is 0 Å². The minimum absolute atomic E-state index is 0.594. The summed E-state index contributed by atoms with van der Waals surface area (Å²) in [4.78, 5) is 2.70. The van der Waals surface area contributed by atoms with Gasteiger partial charge in [-0.2, -0.15) is 0 Å². The lowest BCUT2D eigenvalue weighted by Gasteiger charge is -2.39. The van der Waals surface area contributed by atoms with E-state index in [-0.39, 0.29) is 0 Å². The average Bonchev–Trinajstić information content (AvgIpc) is 2.97. The lowest BCUT2D eigenvalue weighted by Crippen LogP contribution is -2.46. The van der Waals surface area contributed by atoms with Crippen molar-refractivity contribution in [1.29, 1.82) is 0 Å². The van der Waals surface area contributed by atoms with Crippen molar-refractivity contribution >= 4 is 11.6 Å². The smallest absolute Gasteiger partial charge is 0.0408 e. The highest BCUT2D eigenvalue weighted by atomic mass is 35.5. The maximum absolute atomic E-state index is 6.14. The molecule has 2 nitrogen and oxygen atoms in total. The number of rotatable bonds is 3. The van der Waals surface area contributed by atoms with Crippen LogP contribution in [-0.4, -0.2) is 31.1 Å². The Morgan fingerprint density at radius 2 is 1.90 bits per heavy atom. The predicted octanol–water partition coefficient (Wildman–Crippen LogP) is 3.78. The van der Waals surface area contributed by atoms with E-state index in [4.69, 9.17) is 11.6 Å². The monoisotopic (exact) mass is 292 g/mol. The molecule has 1 heterocycles. The highest BCUT2D eigenvalue weighted by Crippen LogP contribution is 2.41. The van der Waals surface area contributed by atoms with Crippen LogP contribution < -0.4 is 5.32 Å². The summed E-state index contributed by atoms with van der Waals surface area (Å²) in [7, 11) is 0. The summed E-state index contributed by atoms with van der Waals surface area (Å²) in [6.07, 6.45) is 5.58. The molecule has 0 radical (unpaired) electrons. The van der Waals surface area contributed by atoms with Crippen molar-refractivity contribution in [3.05, 3.63) is 34.3 Å². The molecule has 0 spiro atoms. The normalized spacial score (nSPS) is 23.1. The summed E-state index contributed by atoms with van der Waals surface area (Å²) in [5.41, 5.74) is 2.86. The van der Waals surface area contributed by atoms with Crippen LogP contribution in [0.15, 0.2) is 18.2 Å². The molecule has 0 unspecified atom stereocenters. The zero-order valence-corrected chi connectivity index (χ0v) is 13.1. The molecule has 1 saturated heterocycles. The summed E-state index contributed by atoms with van der Waals surface area (Å²) in [6, 6.07) is 7.05. The molecule has 1 aromatic rings. The lowest BCUT2D eigenvalue weighted by atomic mass is 9.87. The molecule has 1 aliphatic carbocycles. The molecule has 20 heavy (non-hydrogen) atoms. The molecule has 3 heteroatoms. The summed E-state index contributed by atoms with van der Waals surface area (Å²) >= 11 is 6.14. The Balaban J connectivity index is 1.90. The van der Waals surface area contributed by atoms with Crippen LogP contribution in [0.1, 0.15) is 42.9 Å². The van der Waals surface area contributed by atoms with Crippen molar-refractivity contribution in [1.82, 2.24) is 10.2 Å². The van der Waals surface area contributed by atoms with Crippen LogP contribution in [0.25, 0.3) is 0 Å². The first kappa shape index (κ1) is 14.4. The average molecular weight is 293 g/mol. The Bertz CT molecular complexity index is 448. The van der Waals surface area contributed by atoms with Gasteiger partial charge in [0.25, 0.3) is 0 Å². The Hall–Kier alpha value is -0.570. The molecule has 2 fully saturated rings. The number of halogens is 1. The van der Waals surface area contributed by atoms with Crippen molar-refractivity contribution in [3.8, 4) is 0 Å². The lowest BCUT2D eigenvalue weighted by molar-refractivity contribution is 0.125. The summed E-state index contributed by atoms with van der Waals surface area (Å²) in [5.74, 6) is 0.827. The van der Waals surface area contributed by atoms with E-state index >= 15 is 0 Å². The molecule has 0 amide bonds. The molecule has 110 valence electrons. The van der Waals surface area contributed by atoms with Crippen LogP contribution in [0.3, 0.4) is 0 Å². The van der Waals surface area contributed by atoms with E-state index in [0.717, 1.165) is 24.0 Å². The van der Waals surface area contributed by atoms with Crippen molar-refractivity contribution in [2.24, 2.45) is 5.92 Å². The van der Waals surface area contributed by atoms with Crippen LogP contribution in [0, 0.1) is 12.8 Å². The Morgan fingerprint density at radius 3 is 2.55 bits per heavy atom. The fourth-order valence-corrected chi connectivity index (χ4v) is 4.18. The van der Waals surface area contributed by atoms with Gasteiger partial charge in [-0.3, -0.25) is 4.90 Å². The summed E-state index contributed by atoms with van der Waals surface area (Å²) in [6.45, 7) is 6.80. The van der Waals surface area contributed by atoms with Crippen LogP contribution in [0.4, 0.5) is 0 Å². The van der Waals surface area contributed by atoms with E-state index in [9.17, 15) is 0 Å². The molecule has 1 aromatic carbocycles. The minimum atomic E-state index is 0.594. The molecule has 1 N–H and O–H groups in total. The van der Waals surface area contributed by atoms with E-state index in [1.165, 1.54) is 49.9 Å². The number of hydrogen-bond acceptors (Lipinski definition) is 2. The molecule has 3 rings (SSSR count). The molecule has 0 bridgehead atoms. The third-order valence-corrected chi connectivity index (χ3v) is 5.18. The quantitative estimate of drug-likeness (QED) is 0.912. The SMILES string of the molecule is Cc1cc(Cl)ccc1[C@H](C1CCCC1)N1CCNCC1. The van der Waals surface area contributed by atoms with Gasteiger partial charge in [-0.1, -0.05) is 30.5 Å². The summed E-state index contributed by atoms with van der Waals surface area (Å²) < 4.78 is 0. The van der Waals surface area contributed by atoms with Gasteiger partial charge in [-0.05, 0) is 48.9 Å². The fraction of sp³-hybridized carbons (Fsp3) is 0.647. The number of piperazine rings is 1. The van der Waals surface area contributed by atoms with Crippen LogP contribution in [0.5, 0.6) is 0 Å². The first-order chi connectivity index (χ1) is 9.75. The largest absolute Gasteiger partial charge is 0.314 e. The van der Waals surface area contributed by atoms with E-state index < -0.39 is 0 Å². The van der Waals surface area contributed by atoms with E-state index in [0.29, 0.717) is 6.04 Å². The van der Waals surface area contributed by atoms with Crippen molar-refractivity contribution in [3.63, 3.8) is 0 Å². The van der Waals surface area contributed by atoms with Gasteiger partial charge in [-0.15, -0.1) is 0 Å². The van der Waals surface area contributed by atoms with Crippen molar-refractivity contribution < 1.29 is 0 Å². The number of nitrogens with zero attached hydrogens (tertiary/aromatic N) is 1. The fourth-order valence-electron chi connectivity index (χ4n) is 3.95. The molecule has 1 aliphatic heterocycles. The topological polar surface area (TPSA) is 15.3 Å². The van der Waals surface area contributed by atoms with E-state index in [2.05, 4.69) is 35.3 Å². The third-order valence-electron chi connectivity index (χ3n) is 4.94. The third kappa shape index (κ3) is 3.03. The number of benzene rings is 1. The molecule has 2 aliphatic rings. The molecular formula is C17H25ClN2. The Morgan fingerprint density at radius 1 is 1.20 bits per heavy atom. The van der Waals surface area contributed by atoms with Gasteiger partial charge in [0.15, 0.2) is 0 Å². The maximum Gasteiger partial charge on any atom is 0.0408 e. The van der Waals surface area contributed by atoms with E-state index in [1.807, 2.05) is 0 Å². The van der Waals surface area contributed by atoms with Crippen LogP contribution in [0.2, 0.25) is 5.02 Å². The minimum Gasteiger partial charge on any atom is -0.314 e. The molecular weight excluding hydrogens is 268 g/mol. The van der Waals surface area contributed by atoms with Gasteiger partial charge in [-0.25, -0.2) is 0 Å². The standard InChI is InChI=1S/C17H25ClN2/c1-13-12-15(18)6-7-16(13)17(14-4-2-3-5-14)20-10-8-19-9-11-20/h6-7,12,14,17,19H,2-5,8-11H2,1H3/t17-/m0/s1. The Labute approximate surface area is 127 Å². The second-order valence-electron chi connectivity index (χ2n) is 6.28. The molecule has 0 aromatic heterocycles. The van der Waals surface area contributed by atoms with Gasteiger partial charge in [0.2, 0.25) is 0 Å². The van der Waals surface area contributed by atoms with Gasteiger partial charge in [0, 0.05) is 37.2 Å². The summed E-state index contributed by atoms with van der Waals surface area (Å²) in [5, 5.41) is 4.33. The molecule has 1 atom stereocenters. The predicted molar refractivity (Wildman–Crippen MR) is 85.3 cm³/mol. The first-order valence-corrected chi connectivity index (χ1v) is 8.34. The van der Waals surface area contributed by atoms with Crippen LogP contribution in [-0.2, 0) is 0 Å². The molecule has 1 saturated carbocycles. The van der Waals surface area contributed by atoms with Gasteiger partial charge in [0.1, 0.15) is 0 Å². The number of hydrogen-bond donors (Lipinski definition) is 1. The van der Waals surface area contributed by atoms with Crippen LogP contribution >= 0.6 is 11.6 Å². The zero-order chi connectivity index (χ0) is 13.9. The number of aryl methyl sites for hydroxylation is 1. The van der Waals surface area contributed by atoms with Crippen molar-refractivity contribution in [2.75, 3.05) is 26.2 Å². The maximum atomic E-state index is 6.14. The van der Waals surface area contributed by atoms with Crippen molar-refractivity contribution in [2.45, 2.75) is 38.6 Å². The number of nitrogens with one attached hydrogen (secondary N) is 1. The van der Waals surface area contributed by atoms with Gasteiger partial charge in [0.05, 0.1) is 0 Å². The highest BCUT2D eigenvalue weighted by Gasteiger charge is 2.32. The Kier molecular flexibility index (Phi) is 4.65. The highest BCUT2D eigenvalue weighted by molar-refractivity contribution is 6.30. The second kappa shape index (κ2) is 6.46. The zero-order valence-electron chi connectivity index (χ0n) is 12.4. The second-order valence-corrected chi connectivity index (χ2v) is 6.71. The first-order valence-electron chi connectivity index (χ1n) is 7.96.